The fourth-order valence-corrected chi connectivity index (χ4v) is 1.56. The van der Waals surface area contributed by atoms with Crippen LogP contribution in [0.3, 0.4) is 0 Å². The van der Waals surface area contributed by atoms with Crippen molar-refractivity contribution in [1.29, 1.82) is 0 Å². The quantitative estimate of drug-likeness (QED) is 0.702. The molecule has 0 saturated carbocycles. The van der Waals surface area contributed by atoms with Crippen molar-refractivity contribution in [1.82, 2.24) is 20.6 Å². The van der Waals surface area contributed by atoms with Gasteiger partial charge in [0, 0.05) is 18.9 Å². The van der Waals surface area contributed by atoms with Crippen LogP contribution in [0.25, 0.3) is 0 Å². The normalized spacial score (nSPS) is 20.0. The van der Waals surface area contributed by atoms with Gasteiger partial charge in [0.15, 0.2) is 0 Å². The van der Waals surface area contributed by atoms with E-state index in [0.717, 1.165) is 6.42 Å². The molecule has 1 aromatic rings. The zero-order chi connectivity index (χ0) is 11.4. The average molecular weight is 220 g/mol. The maximum Gasteiger partial charge on any atom is 0.272 e. The number of amides is 2. The predicted octanol–water partition coefficient (Wildman–Crippen LogP) is -0.515. The lowest BCUT2D eigenvalue weighted by atomic mass is 10.1. The number of carbonyl (C=O) groups is 2. The largest absolute Gasteiger partial charge is 0.354 e. The molecule has 0 bridgehead atoms. The Labute approximate surface area is 92.5 Å². The number of aromatic nitrogens is 2. The number of rotatable bonds is 2. The van der Waals surface area contributed by atoms with Crippen molar-refractivity contribution < 1.29 is 9.59 Å². The Kier molecular flexibility index (Phi) is 3.09. The highest BCUT2D eigenvalue weighted by molar-refractivity contribution is 5.95. The number of hydrogen-bond donors (Lipinski definition) is 2. The third kappa shape index (κ3) is 2.33. The van der Waals surface area contributed by atoms with E-state index < -0.39 is 6.04 Å². The van der Waals surface area contributed by atoms with Crippen LogP contribution in [0.5, 0.6) is 0 Å². The molecular formula is C10H12N4O2. The molecular weight excluding hydrogens is 208 g/mol. The Morgan fingerprint density at radius 3 is 3.06 bits per heavy atom. The maximum absolute atomic E-state index is 11.7. The van der Waals surface area contributed by atoms with Gasteiger partial charge in [-0.25, -0.2) is 4.98 Å². The molecule has 1 saturated heterocycles. The van der Waals surface area contributed by atoms with Gasteiger partial charge in [-0.3, -0.25) is 14.6 Å². The van der Waals surface area contributed by atoms with E-state index in [2.05, 4.69) is 20.6 Å². The third-order valence-electron chi connectivity index (χ3n) is 2.39. The predicted molar refractivity (Wildman–Crippen MR) is 55.5 cm³/mol. The number of carbonyl (C=O) groups excluding carboxylic acids is 2. The van der Waals surface area contributed by atoms with E-state index in [9.17, 15) is 9.59 Å². The molecule has 1 aliphatic heterocycles. The van der Waals surface area contributed by atoms with Crippen LogP contribution in [0.1, 0.15) is 23.3 Å². The smallest absolute Gasteiger partial charge is 0.272 e. The standard InChI is InChI=1S/C10H12N4O2/c15-9-7(2-1-3-13-9)14-10(16)8-6-11-4-5-12-8/h4-7H,1-3H2,(H,13,15)(H,14,16). The summed E-state index contributed by atoms with van der Waals surface area (Å²) in [6.07, 6.45) is 5.84. The summed E-state index contributed by atoms with van der Waals surface area (Å²) in [5.74, 6) is -0.501. The molecule has 0 spiro atoms. The molecule has 0 radical (unpaired) electrons. The van der Waals surface area contributed by atoms with Crippen LogP contribution in [0, 0.1) is 0 Å². The first-order valence-electron chi connectivity index (χ1n) is 5.12. The summed E-state index contributed by atoms with van der Waals surface area (Å²) in [5, 5.41) is 5.33. The average Bonchev–Trinajstić information content (AvgIpc) is 2.33. The van der Waals surface area contributed by atoms with Gasteiger partial charge in [-0.2, -0.15) is 0 Å². The maximum atomic E-state index is 11.7. The van der Waals surface area contributed by atoms with Crippen molar-refractivity contribution >= 4 is 11.8 Å². The lowest BCUT2D eigenvalue weighted by molar-refractivity contribution is -0.124. The number of hydrogen-bond acceptors (Lipinski definition) is 4. The lowest BCUT2D eigenvalue weighted by Crippen LogP contribution is -2.50. The minimum absolute atomic E-state index is 0.136. The van der Waals surface area contributed by atoms with Crippen LogP contribution in [-0.2, 0) is 4.79 Å². The topological polar surface area (TPSA) is 84.0 Å². The van der Waals surface area contributed by atoms with E-state index in [0.29, 0.717) is 13.0 Å². The van der Waals surface area contributed by atoms with Gasteiger partial charge < -0.3 is 10.6 Å². The molecule has 2 heterocycles. The highest BCUT2D eigenvalue weighted by atomic mass is 16.2. The number of nitrogens with one attached hydrogen (secondary N) is 2. The van der Waals surface area contributed by atoms with Crippen LogP contribution in [0.4, 0.5) is 0 Å². The molecule has 1 aliphatic rings. The second kappa shape index (κ2) is 4.69. The molecule has 16 heavy (non-hydrogen) atoms. The molecule has 0 aliphatic carbocycles. The lowest BCUT2D eigenvalue weighted by Gasteiger charge is -2.22. The Hall–Kier alpha value is -1.98. The zero-order valence-corrected chi connectivity index (χ0v) is 8.64. The van der Waals surface area contributed by atoms with Gasteiger partial charge in [0.1, 0.15) is 11.7 Å². The second-order valence-electron chi connectivity index (χ2n) is 3.55. The SMILES string of the molecule is O=C(NC1CCCNC1=O)c1cnccn1. The zero-order valence-electron chi connectivity index (χ0n) is 8.64. The Morgan fingerprint density at radius 1 is 1.50 bits per heavy atom. The van der Waals surface area contributed by atoms with Gasteiger partial charge in [0.05, 0.1) is 6.20 Å². The summed E-state index contributed by atoms with van der Waals surface area (Å²) in [6.45, 7) is 0.677. The summed E-state index contributed by atoms with van der Waals surface area (Å²) in [6, 6.07) is -0.455. The van der Waals surface area contributed by atoms with E-state index in [4.69, 9.17) is 0 Å². The molecule has 2 N–H and O–H groups in total. The number of piperidine rings is 1. The van der Waals surface area contributed by atoms with Crippen molar-refractivity contribution in [2.24, 2.45) is 0 Å². The highest BCUT2D eigenvalue weighted by Gasteiger charge is 2.24. The van der Waals surface area contributed by atoms with Gasteiger partial charge in [-0.05, 0) is 12.8 Å². The van der Waals surface area contributed by atoms with Crippen molar-refractivity contribution in [2.45, 2.75) is 18.9 Å². The Morgan fingerprint density at radius 2 is 2.38 bits per heavy atom. The van der Waals surface area contributed by atoms with E-state index in [1.165, 1.54) is 18.6 Å². The molecule has 1 fully saturated rings. The summed E-state index contributed by atoms with van der Waals surface area (Å²) in [4.78, 5) is 30.7. The monoisotopic (exact) mass is 220 g/mol. The minimum atomic E-state index is -0.455. The van der Waals surface area contributed by atoms with E-state index in [-0.39, 0.29) is 17.5 Å². The summed E-state index contributed by atoms with van der Waals surface area (Å²) >= 11 is 0. The second-order valence-corrected chi connectivity index (χ2v) is 3.55. The molecule has 1 unspecified atom stereocenters. The molecule has 6 nitrogen and oxygen atoms in total. The van der Waals surface area contributed by atoms with Crippen molar-refractivity contribution in [3.63, 3.8) is 0 Å². The van der Waals surface area contributed by atoms with Crippen molar-refractivity contribution in [3.8, 4) is 0 Å². The van der Waals surface area contributed by atoms with Crippen LogP contribution < -0.4 is 10.6 Å². The fourth-order valence-electron chi connectivity index (χ4n) is 1.56. The Balaban J connectivity index is 1.99. The molecule has 1 aromatic heterocycles. The first-order chi connectivity index (χ1) is 7.77. The molecule has 84 valence electrons. The Bertz CT molecular complexity index is 393. The first kappa shape index (κ1) is 10.5. The van der Waals surface area contributed by atoms with Crippen LogP contribution in [0.15, 0.2) is 18.6 Å². The van der Waals surface area contributed by atoms with Gasteiger partial charge in [0.25, 0.3) is 5.91 Å². The van der Waals surface area contributed by atoms with Crippen LogP contribution in [-0.4, -0.2) is 34.4 Å². The van der Waals surface area contributed by atoms with Crippen molar-refractivity contribution in [3.05, 3.63) is 24.3 Å². The van der Waals surface area contributed by atoms with Gasteiger partial charge in [0.2, 0.25) is 5.91 Å². The van der Waals surface area contributed by atoms with Crippen LogP contribution in [0.2, 0.25) is 0 Å². The van der Waals surface area contributed by atoms with Gasteiger partial charge >= 0.3 is 0 Å². The molecule has 2 amide bonds. The molecule has 2 rings (SSSR count). The van der Waals surface area contributed by atoms with Gasteiger partial charge in [-0.15, -0.1) is 0 Å². The molecule has 0 aromatic carbocycles. The highest BCUT2D eigenvalue weighted by Crippen LogP contribution is 2.03. The van der Waals surface area contributed by atoms with Crippen molar-refractivity contribution in [2.75, 3.05) is 6.54 Å². The molecule has 6 heteroatoms. The van der Waals surface area contributed by atoms with E-state index in [1.54, 1.807) is 0 Å². The minimum Gasteiger partial charge on any atom is -0.354 e. The third-order valence-corrected chi connectivity index (χ3v) is 2.39. The summed E-state index contributed by atoms with van der Waals surface area (Å²) in [5.41, 5.74) is 0.223. The van der Waals surface area contributed by atoms with Gasteiger partial charge in [-0.1, -0.05) is 0 Å². The van der Waals surface area contributed by atoms with E-state index in [1.807, 2.05) is 0 Å². The van der Waals surface area contributed by atoms with Crippen LogP contribution >= 0.6 is 0 Å². The number of nitrogens with zero attached hydrogens (tertiary/aromatic N) is 2. The van der Waals surface area contributed by atoms with E-state index >= 15 is 0 Å². The fraction of sp³-hybridized carbons (Fsp3) is 0.400. The summed E-state index contributed by atoms with van der Waals surface area (Å²) < 4.78 is 0. The summed E-state index contributed by atoms with van der Waals surface area (Å²) in [7, 11) is 0. The first-order valence-corrected chi connectivity index (χ1v) is 5.12. The molecule has 1 atom stereocenters.